The van der Waals surface area contributed by atoms with Gasteiger partial charge in [0.2, 0.25) is 0 Å². The molecular weight excluding hydrogens is 340 g/mol. The van der Waals surface area contributed by atoms with E-state index in [1.165, 1.54) is 0 Å². The van der Waals surface area contributed by atoms with Crippen LogP contribution in [0.1, 0.15) is 43.0 Å². The van der Waals surface area contributed by atoms with Crippen LogP contribution in [0.25, 0.3) is 11.6 Å². The molecule has 27 heavy (non-hydrogen) atoms. The second-order valence-electron chi connectivity index (χ2n) is 6.41. The fourth-order valence-electron chi connectivity index (χ4n) is 2.28. The molecule has 0 unspecified atom stereocenters. The van der Waals surface area contributed by atoms with Crippen LogP contribution < -0.4 is 0 Å². The van der Waals surface area contributed by atoms with E-state index < -0.39 is 11.9 Å². The first kappa shape index (κ1) is 21.9. The van der Waals surface area contributed by atoms with Crippen LogP contribution in [-0.4, -0.2) is 22.2 Å². The van der Waals surface area contributed by atoms with Crippen molar-refractivity contribution in [3.8, 4) is 0 Å². The van der Waals surface area contributed by atoms with Crippen LogP contribution in [0.3, 0.4) is 0 Å². The molecule has 2 aromatic rings. The molecule has 0 heterocycles. The number of hydrogen-bond acceptors (Lipinski definition) is 2. The van der Waals surface area contributed by atoms with E-state index in [0.29, 0.717) is 11.1 Å². The van der Waals surface area contributed by atoms with Gasteiger partial charge < -0.3 is 10.2 Å². The zero-order valence-electron chi connectivity index (χ0n) is 16.4. The van der Waals surface area contributed by atoms with Crippen LogP contribution in [0.2, 0.25) is 0 Å². The molecule has 0 aliphatic rings. The summed E-state index contributed by atoms with van der Waals surface area (Å²) in [5.74, 6) is -1.73. The largest absolute Gasteiger partial charge is 0.478 e. The van der Waals surface area contributed by atoms with Gasteiger partial charge >= 0.3 is 11.9 Å². The maximum Gasteiger partial charge on any atom is 0.331 e. The van der Waals surface area contributed by atoms with Crippen molar-refractivity contribution in [1.29, 1.82) is 0 Å². The standard InChI is InChI=1S/C12H14O2.C11H12O2/c1-8-4-5-9(2)11(6-8)7-10(3)12(13)14;1-8(9(2)11(12)13)10-6-4-3-5-7-10/h4-7H,1-3H3,(H,13,14);3-7H,1-2H3,(H,12,13). The predicted octanol–water partition coefficient (Wildman–Crippen LogP) is 5.36. The zero-order valence-corrected chi connectivity index (χ0v) is 16.4. The Hall–Kier alpha value is -3.14. The molecule has 0 saturated carbocycles. The number of rotatable bonds is 4. The zero-order chi connectivity index (χ0) is 20.6. The smallest absolute Gasteiger partial charge is 0.331 e. The second kappa shape index (κ2) is 10.1. The summed E-state index contributed by atoms with van der Waals surface area (Å²) in [7, 11) is 0. The summed E-state index contributed by atoms with van der Waals surface area (Å²) < 4.78 is 0. The number of aryl methyl sites for hydroxylation is 2. The molecule has 2 rings (SSSR count). The molecule has 4 heteroatoms. The molecule has 0 aliphatic carbocycles. The van der Waals surface area contributed by atoms with Gasteiger partial charge in [-0.3, -0.25) is 0 Å². The molecule has 142 valence electrons. The van der Waals surface area contributed by atoms with E-state index in [9.17, 15) is 9.59 Å². The third kappa shape index (κ3) is 6.94. The van der Waals surface area contributed by atoms with Crippen LogP contribution in [0.5, 0.6) is 0 Å². The summed E-state index contributed by atoms with van der Waals surface area (Å²) in [5.41, 5.74) is 5.74. The monoisotopic (exact) mass is 366 g/mol. The lowest BCUT2D eigenvalue weighted by molar-refractivity contribution is -0.133. The van der Waals surface area contributed by atoms with Gasteiger partial charge in [0.05, 0.1) is 0 Å². The van der Waals surface area contributed by atoms with Crippen molar-refractivity contribution in [2.75, 3.05) is 0 Å². The van der Waals surface area contributed by atoms with Gasteiger partial charge in [0, 0.05) is 11.1 Å². The molecule has 0 spiro atoms. The molecule has 0 fully saturated rings. The highest BCUT2D eigenvalue weighted by atomic mass is 16.4. The van der Waals surface area contributed by atoms with Gasteiger partial charge in [0.25, 0.3) is 0 Å². The molecule has 0 atom stereocenters. The fourth-order valence-corrected chi connectivity index (χ4v) is 2.28. The van der Waals surface area contributed by atoms with Crippen LogP contribution in [-0.2, 0) is 9.59 Å². The average molecular weight is 366 g/mol. The van der Waals surface area contributed by atoms with Crippen LogP contribution in [0.15, 0.2) is 59.7 Å². The van der Waals surface area contributed by atoms with Crippen molar-refractivity contribution in [2.45, 2.75) is 34.6 Å². The molecule has 0 radical (unpaired) electrons. The fraction of sp³-hybridized carbons (Fsp3) is 0.217. The Morgan fingerprint density at radius 3 is 1.96 bits per heavy atom. The lowest BCUT2D eigenvalue weighted by Gasteiger charge is -2.03. The molecule has 2 aromatic carbocycles. The highest BCUT2D eigenvalue weighted by molar-refractivity contribution is 5.95. The summed E-state index contributed by atoms with van der Waals surface area (Å²) in [4.78, 5) is 21.3. The predicted molar refractivity (Wildman–Crippen MR) is 110 cm³/mol. The van der Waals surface area contributed by atoms with E-state index in [-0.39, 0.29) is 0 Å². The Labute approximate surface area is 160 Å². The Balaban J connectivity index is 0.000000271. The summed E-state index contributed by atoms with van der Waals surface area (Å²) in [6.07, 6.45) is 1.70. The Bertz CT molecular complexity index is 875. The number of allylic oxidation sites excluding steroid dienone is 1. The van der Waals surface area contributed by atoms with Gasteiger partial charge in [-0.2, -0.15) is 0 Å². The maximum atomic E-state index is 10.7. The number of aliphatic carboxylic acids is 2. The average Bonchev–Trinajstić information content (AvgIpc) is 2.64. The molecule has 0 aliphatic heterocycles. The van der Waals surface area contributed by atoms with Crippen molar-refractivity contribution < 1.29 is 19.8 Å². The van der Waals surface area contributed by atoms with Crippen LogP contribution in [0, 0.1) is 13.8 Å². The number of benzene rings is 2. The topological polar surface area (TPSA) is 74.6 Å². The molecule has 0 amide bonds. The van der Waals surface area contributed by atoms with Gasteiger partial charge in [0.1, 0.15) is 0 Å². The first-order valence-electron chi connectivity index (χ1n) is 8.58. The van der Waals surface area contributed by atoms with Crippen LogP contribution >= 0.6 is 0 Å². The first-order valence-corrected chi connectivity index (χ1v) is 8.58. The van der Waals surface area contributed by atoms with Gasteiger partial charge in [-0.1, -0.05) is 54.1 Å². The second-order valence-corrected chi connectivity index (χ2v) is 6.41. The molecule has 0 bridgehead atoms. The number of carboxylic acid groups (broad SMARTS) is 2. The van der Waals surface area contributed by atoms with Crippen molar-refractivity contribution in [1.82, 2.24) is 0 Å². The van der Waals surface area contributed by atoms with Gasteiger partial charge in [-0.15, -0.1) is 0 Å². The summed E-state index contributed by atoms with van der Waals surface area (Å²) in [5, 5.41) is 17.5. The molecule has 0 saturated heterocycles. The van der Waals surface area contributed by atoms with Crippen molar-refractivity contribution in [2.24, 2.45) is 0 Å². The van der Waals surface area contributed by atoms with Gasteiger partial charge in [-0.25, -0.2) is 9.59 Å². The highest BCUT2D eigenvalue weighted by Gasteiger charge is 2.06. The SMILES string of the molecule is CC(=Cc1cc(C)ccc1C)C(=O)O.CC(C(=O)O)=C(C)c1ccccc1. The molecule has 4 nitrogen and oxygen atoms in total. The molecule has 2 N–H and O–H groups in total. The number of hydrogen-bond donors (Lipinski definition) is 2. The Morgan fingerprint density at radius 2 is 1.44 bits per heavy atom. The highest BCUT2D eigenvalue weighted by Crippen LogP contribution is 2.17. The van der Waals surface area contributed by atoms with E-state index in [0.717, 1.165) is 27.8 Å². The van der Waals surface area contributed by atoms with E-state index >= 15 is 0 Å². The minimum absolute atomic E-state index is 0.360. The Kier molecular flexibility index (Phi) is 8.21. The number of carbonyl (C=O) groups is 2. The lowest BCUT2D eigenvalue weighted by atomic mass is 10.0. The Morgan fingerprint density at radius 1 is 0.852 bits per heavy atom. The quantitative estimate of drug-likeness (QED) is 0.715. The minimum atomic E-state index is -0.870. The van der Waals surface area contributed by atoms with Crippen molar-refractivity contribution in [3.05, 3.63) is 81.9 Å². The van der Waals surface area contributed by atoms with Crippen molar-refractivity contribution in [3.63, 3.8) is 0 Å². The van der Waals surface area contributed by atoms with E-state index in [4.69, 9.17) is 10.2 Å². The lowest BCUT2D eigenvalue weighted by Crippen LogP contribution is -1.98. The third-order valence-corrected chi connectivity index (χ3v) is 4.23. The van der Waals surface area contributed by atoms with Crippen molar-refractivity contribution >= 4 is 23.6 Å². The summed E-state index contributed by atoms with van der Waals surface area (Å²) in [6, 6.07) is 15.5. The minimum Gasteiger partial charge on any atom is -0.478 e. The molecular formula is C23H26O4. The van der Waals surface area contributed by atoms with Gasteiger partial charge in [-0.05, 0) is 63.0 Å². The van der Waals surface area contributed by atoms with E-state index in [1.54, 1.807) is 19.9 Å². The van der Waals surface area contributed by atoms with Gasteiger partial charge in [0.15, 0.2) is 0 Å². The van der Waals surface area contributed by atoms with Crippen LogP contribution in [0.4, 0.5) is 0 Å². The maximum absolute atomic E-state index is 10.7. The summed E-state index contributed by atoms with van der Waals surface area (Å²) >= 11 is 0. The normalized spacial score (nSPS) is 11.8. The third-order valence-electron chi connectivity index (χ3n) is 4.23. The van der Waals surface area contributed by atoms with E-state index in [1.807, 2.05) is 69.3 Å². The first-order chi connectivity index (χ1) is 12.6. The number of carboxylic acids is 2. The van der Waals surface area contributed by atoms with E-state index in [2.05, 4.69) is 0 Å². The summed E-state index contributed by atoms with van der Waals surface area (Å²) in [6.45, 7) is 9.00. The molecule has 0 aromatic heterocycles.